The molecule has 122 valence electrons. The van der Waals surface area contributed by atoms with Gasteiger partial charge in [-0.3, -0.25) is 14.8 Å². The third-order valence-corrected chi connectivity index (χ3v) is 4.30. The Morgan fingerprint density at radius 3 is 2.83 bits per heavy atom. The van der Waals surface area contributed by atoms with Crippen molar-refractivity contribution in [1.29, 1.82) is 0 Å². The van der Waals surface area contributed by atoms with E-state index in [1.54, 1.807) is 0 Å². The van der Waals surface area contributed by atoms with Crippen molar-refractivity contribution >= 4 is 11.6 Å². The van der Waals surface area contributed by atoms with Gasteiger partial charge in [-0.25, -0.2) is 0 Å². The topological polar surface area (TPSA) is 76.2 Å². The molecule has 0 radical (unpaired) electrons. The van der Waals surface area contributed by atoms with Crippen molar-refractivity contribution in [3.63, 3.8) is 0 Å². The van der Waals surface area contributed by atoms with Gasteiger partial charge in [-0.1, -0.05) is 30.3 Å². The summed E-state index contributed by atoms with van der Waals surface area (Å²) in [6, 6.07) is 9.43. The highest BCUT2D eigenvalue weighted by Crippen LogP contribution is 2.21. The monoisotopic (exact) mass is 313 g/mol. The van der Waals surface area contributed by atoms with E-state index >= 15 is 0 Å². The van der Waals surface area contributed by atoms with Gasteiger partial charge in [-0.2, -0.15) is 5.10 Å². The summed E-state index contributed by atoms with van der Waals surface area (Å²) in [7, 11) is 1.92. The van der Waals surface area contributed by atoms with Crippen LogP contribution in [0.4, 0.5) is 5.69 Å². The maximum atomic E-state index is 11.9. The van der Waals surface area contributed by atoms with E-state index in [0.717, 1.165) is 37.2 Å². The smallest absolute Gasteiger partial charge is 0.239 e. The van der Waals surface area contributed by atoms with E-state index in [9.17, 15) is 4.79 Å². The largest absolute Gasteiger partial charge is 0.368 e. The van der Waals surface area contributed by atoms with Gasteiger partial charge in [0.25, 0.3) is 0 Å². The molecule has 0 spiro atoms. The number of rotatable bonds is 5. The molecular formula is C17H23N5O. The van der Waals surface area contributed by atoms with Crippen molar-refractivity contribution in [2.45, 2.75) is 24.9 Å². The van der Waals surface area contributed by atoms with Crippen molar-refractivity contribution in [3.05, 3.63) is 48.3 Å². The average molecular weight is 313 g/mol. The van der Waals surface area contributed by atoms with Crippen LogP contribution < -0.4 is 16.0 Å². The van der Waals surface area contributed by atoms with Gasteiger partial charge in [-0.05, 0) is 18.4 Å². The van der Waals surface area contributed by atoms with Crippen LogP contribution in [0.15, 0.2) is 42.7 Å². The molecule has 1 aliphatic heterocycles. The van der Waals surface area contributed by atoms with E-state index in [0.29, 0.717) is 0 Å². The summed E-state index contributed by atoms with van der Waals surface area (Å²) in [6.45, 7) is 1.86. The predicted octanol–water partition coefficient (Wildman–Crippen LogP) is 1.21. The van der Waals surface area contributed by atoms with Gasteiger partial charge < -0.3 is 10.6 Å². The van der Waals surface area contributed by atoms with Gasteiger partial charge in [0, 0.05) is 32.4 Å². The van der Waals surface area contributed by atoms with Gasteiger partial charge in [0.1, 0.15) is 6.04 Å². The van der Waals surface area contributed by atoms with Crippen LogP contribution in [0.2, 0.25) is 0 Å². The first-order chi connectivity index (χ1) is 11.1. The minimum Gasteiger partial charge on any atom is -0.368 e. The van der Waals surface area contributed by atoms with E-state index in [1.807, 2.05) is 54.5 Å². The molecule has 0 saturated carbocycles. The van der Waals surface area contributed by atoms with Crippen LogP contribution in [0, 0.1) is 0 Å². The summed E-state index contributed by atoms with van der Waals surface area (Å²) in [6.07, 6.45) is 6.01. The van der Waals surface area contributed by atoms with Crippen LogP contribution >= 0.6 is 0 Å². The van der Waals surface area contributed by atoms with Crippen molar-refractivity contribution in [3.8, 4) is 0 Å². The van der Waals surface area contributed by atoms with Gasteiger partial charge in [0.15, 0.2) is 0 Å². The second kappa shape index (κ2) is 6.83. The Hall–Kier alpha value is -2.34. The zero-order chi connectivity index (χ0) is 16.2. The summed E-state index contributed by atoms with van der Waals surface area (Å²) in [5, 5.41) is 7.67. The molecule has 2 atom stereocenters. The number of nitrogens with one attached hydrogen (secondary N) is 1. The Balaban J connectivity index is 1.69. The number of nitrogens with zero attached hydrogens (tertiary/aromatic N) is 3. The summed E-state index contributed by atoms with van der Waals surface area (Å²) in [4.78, 5) is 14.2. The van der Waals surface area contributed by atoms with Gasteiger partial charge >= 0.3 is 0 Å². The normalized spacial score (nSPS) is 19.5. The lowest BCUT2D eigenvalue weighted by molar-refractivity contribution is -0.120. The molecule has 0 aliphatic carbocycles. The summed E-state index contributed by atoms with van der Waals surface area (Å²) >= 11 is 0. The lowest BCUT2D eigenvalue weighted by Gasteiger charge is -2.35. The Kier molecular flexibility index (Phi) is 4.62. The second-order valence-corrected chi connectivity index (χ2v) is 6.07. The quantitative estimate of drug-likeness (QED) is 0.870. The number of carbonyl (C=O) groups is 1. The molecule has 1 saturated heterocycles. The molecule has 6 heteroatoms. The van der Waals surface area contributed by atoms with Crippen molar-refractivity contribution in [1.82, 2.24) is 15.1 Å². The van der Waals surface area contributed by atoms with E-state index < -0.39 is 6.04 Å². The van der Waals surface area contributed by atoms with Crippen molar-refractivity contribution in [2.75, 3.05) is 18.0 Å². The van der Waals surface area contributed by atoms with Gasteiger partial charge in [0.05, 0.1) is 11.9 Å². The fourth-order valence-electron chi connectivity index (χ4n) is 3.14. The van der Waals surface area contributed by atoms with Crippen LogP contribution in [0.25, 0.3) is 0 Å². The third kappa shape index (κ3) is 3.71. The average Bonchev–Trinajstić information content (AvgIpc) is 3.00. The molecule has 3 rings (SSSR count). The van der Waals surface area contributed by atoms with Crippen molar-refractivity contribution in [2.24, 2.45) is 12.8 Å². The van der Waals surface area contributed by atoms with Gasteiger partial charge in [0.2, 0.25) is 5.91 Å². The number of nitrogens with two attached hydrogens (primary N) is 1. The predicted molar refractivity (Wildman–Crippen MR) is 90.0 cm³/mol. The SMILES string of the molecule is Cn1cc(N2CCCC(NC(C(N)=O)c3ccccc3)C2)cn1. The molecule has 3 N–H and O–H groups in total. The maximum absolute atomic E-state index is 11.9. The fourth-order valence-corrected chi connectivity index (χ4v) is 3.14. The number of anilines is 1. The molecule has 1 aromatic heterocycles. The lowest BCUT2D eigenvalue weighted by atomic mass is 10.0. The zero-order valence-electron chi connectivity index (χ0n) is 13.4. The first-order valence-electron chi connectivity index (χ1n) is 7.97. The number of hydrogen-bond acceptors (Lipinski definition) is 4. The number of primary amides is 1. The number of carbonyl (C=O) groups excluding carboxylic acids is 1. The number of aromatic nitrogens is 2. The molecule has 2 unspecified atom stereocenters. The van der Waals surface area contributed by atoms with Crippen molar-refractivity contribution < 1.29 is 4.79 Å². The highest BCUT2D eigenvalue weighted by molar-refractivity contribution is 5.81. The van der Waals surface area contributed by atoms with E-state index in [4.69, 9.17) is 5.73 Å². The number of aryl methyl sites for hydroxylation is 1. The third-order valence-electron chi connectivity index (χ3n) is 4.30. The second-order valence-electron chi connectivity index (χ2n) is 6.07. The summed E-state index contributed by atoms with van der Waals surface area (Å²) < 4.78 is 1.81. The zero-order valence-corrected chi connectivity index (χ0v) is 13.4. The minimum atomic E-state index is -0.449. The van der Waals surface area contributed by atoms with E-state index in [1.165, 1.54) is 0 Å². The van der Waals surface area contributed by atoms with Crippen LogP contribution in [0.3, 0.4) is 0 Å². The Labute approximate surface area is 136 Å². The Morgan fingerprint density at radius 1 is 1.39 bits per heavy atom. The molecule has 6 nitrogen and oxygen atoms in total. The highest BCUT2D eigenvalue weighted by Gasteiger charge is 2.26. The number of benzene rings is 1. The molecule has 23 heavy (non-hydrogen) atoms. The molecular weight excluding hydrogens is 290 g/mol. The van der Waals surface area contributed by atoms with Crippen LogP contribution in [-0.2, 0) is 11.8 Å². The lowest BCUT2D eigenvalue weighted by Crippen LogP contribution is -2.49. The van der Waals surface area contributed by atoms with E-state index in [2.05, 4.69) is 15.3 Å². The molecule has 1 amide bonds. The first kappa shape index (κ1) is 15.6. The Morgan fingerprint density at radius 2 is 2.17 bits per heavy atom. The molecule has 1 aliphatic rings. The Bertz CT molecular complexity index is 654. The standard InChI is InChI=1S/C17H23N5O/c1-21-12-15(10-19-21)22-9-5-8-14(11-22)20-16(17(18)23)13-6-3-2-4-7-13/h2-4,6-7,10,12,14,16,20H,5,8-9,11H2,1H3,(H2,18,23). The van der Waals surface area contributed by atoms with Gasteiger partial charge in [-0.15, -0.1) is 0 Å². The van der Waals surface area contributed by atoms with Crippen LogP contribution in [0.1, 0.15) is 24.4 Å². The summed E-state index contributed by atoms with van der Waals surface area (Å²) in [5.74, 6) is -0.338. The van der Waals surface area contributed by atoms with E-state index in [-0.39, 0.29) is 11.9 Å². The van der Waals surface area contributed by atoms with Crippen LogP contribution in [-0.4, -0.2) is 34.8 Å². The first-order valence-corrected chi connectivity index (χ1v) is 7.97. The molecule has 1 aromatic carbocycles. The molecule has 2 aromatic rings. The fraction of sp³-hybridized carbons (Fsp3) is 0.412. The summed E-state index contributed by atoms with van der Waals surface area (Å²) in [5.41, 5.74) is 7.64. The molecule has 2 heterocycles. The molecule has 1 fully saturated rings. The maximum Gasteiger partial charge on any atom is 0.239 e. The number of amides is 1. The van der Waals surface area contributed by atoms with Crippen LogP contribution in [0.5, 0.6) is 0 Å². The number of hydrogen-bond donors (Lipinski definition) is 2. The number of piperidine rings is 1. The molecule has 0 bridgehead atoms. The highest BCUT2D eigenvalue weighted by atomic mass is 16.1. The minimum absolute atomic E-state index is 0.224.